The molecule has 2 rings (SSSR count). The van der Waals surface area contributed by atoms with Crippen LogP contribution in [0.2, 0.25) is 0 Å². The third-order valence-electron chi connectivity index (χ3n) is 3.30. The topological polar surface area (TPSA) is 45.1 Å². The Kier molecular flexibility index (Phi) is 5.30. The van der Waals surface area contributed by atoms with Gasteiger partial charge in [0.25, 0.3) is 0 Å². The molecule has 0 radical (unpaired) electrons. The number of pyridine rings is 1. The van der Waals surface area contributed by atoms with Gasteiger partial charge in [0.15, 0.2) is 0 Å². The summed E-state index contributed by atoms with van der Waals surface area (Å²) in [6.07, 6.45) is 4.04. The highest BCUT2D eigenvalue weighted by Gasteiger charge is 2.05. The number of hydrogen-bond donors (Lipinski definition) is 2. The Hall–Kier alpha value is -1.68. The van der Waals surface area contributed by atoms with Crippen LogP contribution in [-0.4, -0.2) is 23.2 Å². The van der Waals surface area contributed by atoms with Gasteiger partial charge in [-0.2, -0.15) is 0 Å². The van der Waals surface area contributed by atoms with Crippen LogP contribution in [0.5, 0.6) is 0 Å². The minimum absolute atomic E-state index is 0.242. The maximum atomic E-state index is 13.4. The Morgan fingerprint density at radius 2 is 1.95 bits per heavy atom. The molecule has 0 aliphatic carbocycles. The first-order valence-corrected chi connectivity index (χ1v) is 7.12. The van der Waals surface area contributed by atoms with Gasteiger partial charge in [-0.1, -0.05) is 12.8 Å². The zero-order chi connectivity index (χ0) is 14.4. The van der Waals surface area contributed by atoms with Crippen LogP contribution >= 0.6 is 0 Å². The summed E-state index contributed by atoms with van der Waals surface area (Å²) >= 11 is 0. The number of aromatic nitrogens is 1. The number of fused-ring (bicyclic) bond motifs is 1. The van der Waals surface area contributed by atoms with Gasteiger partial charge < -0.3 is 10.4 Å². The number of nitrogens with one attached hydrogen (secondary N) is 1. The minimum Gasteiger partial charge on any atom is -0.396 e. The second kappa shape index (κ2) is 7.20. The summed E-state index contributed by atoms with van der Waals surface area (Å²) in [6.45, 7) is 3.05. The van der Waals surface area contributed by atoms with Gasteiger partial charge in [0, 0.05) is 29.9 Å². The van der Waals surface area contributed by atoms with Gasteiger partial charge in [-0.15, -0.1) is 0 Å². The smallest absolute Gasteiger partial charge is 0.124 e. The molecule has 0 spiro atoms. The molecule has 0 atom stereocenters. The first-order valence-electron chi connectivity index (χ1n) is 7.12. The molecule has 0 fully saturated rings. The Labute approximate surface area is 118 Å². The molecule has 0 saturated heterocycles. The van der Waals surface area contributed by atoms with Crippen molar-refractivity contribution in [1.82, 2.24) is 4.98 Å². The lowest BCUT2D eigenvalue weighted by Gasteiger charge is -2.11. The average Bonchev–Trinajstić information content (AvgIpc) is 2.43. The number of unbranched alkanes of at least 4 members (excludes halogenated alkanes) is 3. The second-order valence-electron chi connectivity index (χ2n) is 5.04. The van der Waals surface area contributed by atoms with Crippen LogP contribution in [0.3, 0.4) is 0 Å². The van der Waals surface area contributed by atoms with Gasteiger partial charge in [0.2, 0.25) is 0 Å². The maximum Gasteiger partial charge on any atom is 0.124 e. The van der Waals surface area contributed by atoms with E-state index in [1.54, 1.807) is 6.07 Å². The van der Waals surface area contributed by atoms with E-state index in [9.17, 15) is 4.39 Å². The van der Waals surface area contributed by atoms with Crippen LogP contribution in [0.25, 0.3) is 10.9 Å². The number of aliphatic hydroxyl groups is 1. The van der Waals surface area contributed by atoms with Gasteiger partial charge in [-0.05, 0) is 44.0 Å². The number of anilines is 1. The molecule has 0 aliphatic rings. The van der Waals surface area contributed by atoms with Crippen LogP contribution < -0.4 is 5.32 Å². The van der Waals surface area contributed by atoms with Crippen molar-refractivity contribution < 1.29 is 9.50 Å². The van der Waals surface area contributed by atoms with Crippen LogP contribution in [0.4, 0.5) is 10.1 Å². The first kappa shape index (κ1) is 14.7. The zero-order valence-corrected chi connectivity index (χ0v) is 11.8. The van der Waals surface area contributed by atoms with Crippen molar-refractivity contribution in [3.05, 3.63) is 35.8 Å². The highest BCUT2D eigenvalue weighted by molar-refractivity contribution is 5.91. The molecule has 1 heterocycles. The summed E-state index contributed by atoms with van der Waals surface area (Å²) in [5.74, 6) is -0.242. The van der Waals surface area contributed by atoms with E-state index in [1.807, 2.05) is 13.0 Å². The molecule has 3 nitrogen and oxygen atoms in total. The molecule has 0 bridgehead atoms. The Morgan fingerprint density at radius 3 is 2.75 bits per heavy atom. The molecule has 108 valence electrons. The molecular weight excluding hydrogens is 255 g/mol. The molecule has 0 unspecified atom stereocenters. The summed E-state index contributed by atoms with van der Waals surface area (Å²) in [5.41, 5.74) is 2.68. The van der Waals surface area contributed by atoms with E-state index in [1.165, 1.54) is 12.1 Å². The fourth-order valence-corrected chi connectivity index (χ4v) is 2.29. The molecule has 2 N–H and O–H groups in total. The van der Waals surface area contributed by atoms with Crippen LogP contribution in [-0.2, 0) is 0 Å². The number of nitrogens with zero attached hydrogens (tertiary/aromatic N) is 1. The fourth-order valence-electron chi connectivity index (χ4n) is 2.29. The summed E-state index contributed by atoms with van der Waals surface area (Å²) in [4.78, 5) is 4.41. The van der Waals surface area contributed by atoms with Crippen molar-refractivity contribution in [2.75, 3.05) is 18.5 Å². The number of aryl methyl sites for hydroxylation is 1. The second-order valence-corrected chi connectivity index (χ2v) is 5.04. The third-order valence-corrected chi connectivity index (χ3v) is 3.30. The molecule has 0 aliphatic heterocycles. The van der Waals surface area contributed by atoms with Gasteiger partial charge >= 0.3 is 0 Å². The van der Waals surface area contributed by atoms with Crippen molar-refractivity contribution in [3.8, 4) is 0 Å². The standard InChI is InChI=1S/C16H21FN2O/c1-12-10-16(18-8-4-2-3-5-9-20)14-11-13(17)6-7-15(14)19-12/h6-7,10-11,20H,2-5,8-9H2,1H3,(H,18,19). The Bertz CT molecular complexity index is 572. The molecule has 0 saturated carbocycles. The summed E-state index contributed by atoms with van der Waals surface area (Å²) in [5, 5.41) is 12.9. The monoisotopic (exact) mass is 276 g/mol. The lowest BCUT2D eigenvalue weighted by molar-refractivity contribution is 0.283. The fraction of sp³-hybridized carbons (Fsp3) is 0.438. The number of hydrogen-bond acceptors (Lipinski definition) is 3. The normalized spacial score (nSPS) is 10.9. The molecule has 0 amide bonds. The average molecular weight is 276 g/mol. The Morgan fingerprint density at radius 1 is 1.15 bits per heavy atom. The predicted molar refractivity (Wildman–Crippen MR) is 80.5 cm³/mol. The van der Waals surface area contributed by atoms with E-state index in [2.05, 4.69) is 10.3 Å². The maximum absolute atomic E-state index is 13.4. The lowest BCUT2D eigenvalue weighted by atomic mass is 10.1. The molecular formula is C16H21FN2O. The van der Waals surface area contributed by atoms with E-state index in [-0.39, 0.29) is 12.4 Å². The minimum atomic E-state index is -0.242. The Balaban J connectivity index is 2.03. The number of halogens is 1. The zero-order valence-electron chi connectivity index (χ0n) is 11.8. The van der Waals surface area contributed by atoms with Crippen molar-refractivity contribution in [2.24, 2.45) is 0 Å². The van der Waals surface area contributed by atoms with E-state index in [0.29, 0.717) is 0 Å². The van der Waals surface area contributed by atoms with E-state index in [0.717, 1.165) is 54.5 Å². The van der Waals surface area contributed by atoms with Gasteiger partial charge in [0.1, 0.15) is 5.82 Å². The molecule has 1 aromatic carbocycles. The molecule has 1 aromatic heterocycles. The van der Waals surface area contributed by atoms with Crippen molar-refractivity contribution in [1.29, 1.82) is 0 Å². The number of rotatable bonds is 7. The van der Waals surface area contributed by atoms with Crippen LogP contribution in [0, 0.1) is 12.7 Å². The summed E-state index contributed by atoms with van der Waals surface area (Å²) in [7, 11) is 0. The molecule has 2 aromatic rings. The van der Waals surface area contributed by atoms with E-state index >= 15 is 0 Å². The number of benzene rings is 1. The van der Waals surface area contributed by atoms with Crippen LogP contribution in [0.15, 0.2) is 24.3 Å². The lowest BCUT2D eigenvalue weighted by Crippen LogP contribution is -2.03. The van der Waals surface area contributed by atoms with Crippen molar-refractivity contribution >= 4 is 16.6 Å². The SMILES string of the molecule is Cc1cc(NCCCCCCO)c2cc(F)ccc2n1. The van der Waals surface area contributed by atoms with Crippen molar-refractivity contribution in [3.63, 3.8) is 0 Å². The summed E-state index contributed by atoms with van der Waals surface area (Å²) in [6, 6.07) is 6.63. The van der Waals surface area contributed by atoms with E-state index < -0.39 is 0 Å². The van der Waals surface area contributed by atoms with Gasteiger partial charge in [-0.25, -0.2) is 4.39 Å². The quantitative estimate of drug-likeness (QED) is 0.759. The number of aliphatic hydroxyl groups excluding tert-OH is 1. The molecule has 4 heteroatoms. The largest absolute Gasteiger partial charge is 0.396 e. The highest BCUT2D eigenvalue weighted by Crippen LogP contribution is 2.24. The first-order chi connectivity index (χ1) is 9.70. The highest BCUT2D eigenvalue weighted by atomic mass is 19.1. The third kappa shape index (κ3) is 3.90. The predicted octanol–water partition coefficient (Wildman–Crippen LogP) is 3.65. The van der Waals surface area contributed by atoms with E-state index in [4.69, 9.17) is 5.11 Å². The summed E-state index contributed by atoms with van der Waals surface area (Å²) < 4.78 is 13.4. The van der Waals surface area contributed by atoms with Crippen molar-refractivity contribution in [2.45, 2.75) is 32.6 Å². The molecule has 20 heavy (non-hydrogen) atoms. The van der Waals surface area contributed by atoms with Gasteiger partial charge in [-0.3, -0.25) is 4.98 Å². The van der Waals surface area contributed by atoms with Gasteiger partial charge in [0.05, 0.1) is 5.52 Å². The van der Waals surface area contributed by atoms with Crippen LogP contribution in [0.1, 0.15) is 31.4 Å².